The van der Waals surface area contributed by atoms with Crippen LogP contribution in [0.3, 0.4) is 0 Å². The van der Waals surface area contributed by atoms with Crippen LogP contribution in [-0.2, 0) is 6.42 Å². The first-order valence-electron chi connectivity index (χ1n) is 7.33. The average molecular weight is 320 g/mol. The zero-order valence-corrected chi connectivity index (χ0v) is 13.6. The van der Waals surface area contributed by atoms with Gasteiger partial charge in [0.2, 0.25) is 0 Å². The van der Waals surface area contributed by atoms with Crippen molar-refractivity contribution in [3.63, 3.8) is 0 Å². The van der Waals surface area contributed by atoms with Crippen LogP contribution < -0.4 is 0 Å². The van der Waals surface area contributed by atoms with E-state index < -0.39 is 0 Å². The van der Waals surface area contributed by atoms with E-state index in [1.54, 1.807) is 24.8 Å². The SMILES string of the molecule is C/C(=C/c1ccncc1)c1ccc(C(=O)Cc2ccncc2)s1. The minimum Gasteiger partial charge on any atom is -0.293 e. The smallest absolute Gasteiger partial charge is 0.177 e. The quantitative estimate of drug-likeness (QED) is 0.649. The molecule has 3 heterocycles. The number of rotatable bonds is 5. The summed E-state index contributed by atoms with van der Waals surface area (Å²) >= 11 is 1.54. The molecule has 0 spiro atoms. The molecule has 3 nitrogen and oxygen atoms in total. The third kappa shape index (κ3) is 3.99. The zero-order chi connectivity index (χ0) is 16.1. The first-order valence-corrected chi connectivity index (χ1v) is 8.14. The zero-order valence-electron chi connectivity index (χ0n) is 12.8. The molecule has 0 amide bonds. The molecule has 0 aliphatic rings. The minimum atomic E-state index is 0.143. The van der Waals surface area contributed by atoms with Crippen LogP contribution in [0.25, 0.3) is 11.6 Å². The monoisotopic (exact) mass is 320 g/mol. The lowest BCUT2D eigenvalue weighted by Gasteiger charge is -1.99. The minimum absolute atomic E-state index is 0.143. The van der Waals surface area contributed by atoms with E-state index in [1.807, 2.05) is 36.4 Å². The second-order valence-corrected chi connectivity index (χ2v) is 6.31. The normalized spacial score (nSPS) is 11.4. The van der Waals surface area contributed by atoms with E-state index in [2.05, 4.69) is 23.0 Å². The lowest BCUT2D eigenvalue weighted by Crippen LogP contribution is -2.00. The van der Waals surface area contributed by atoms with Gasteiger partial charge in [0.05, 0.1) is 4.88 Å². The van der Waals surface area contributed by atoms with Gasteiger partial charge in [0, 0.05) is 36.1 Å². The van der Waals surface area contributed by atoms with Crippen LogP contribution in [0.4, 0.5) is 0 Å². The molecule has 0 aliphatic carbocycles. The van der Waals surface area contributed by atoms with Crippen LogP contribution in [-0.4, -0.2) is 15.8 Å². The lowest BCUT2D eigenvalue weighted by molar-refractivity contribution is 0.0997. The highest BCUT2D eigenvalue weighted by Gasteiger charge is 2.11. The third-order valence-electron chi connectivity index (χ3n) is 3.47. The molecule has 0 bridgehead atoms. The van der Waals surface area contributed by atoms with E-state index in [1.165, 1.54) is 11.3 Å². The van der Waals surface area contributed by atoms with E-state index in [9.17, 15) is 4.79 Å². The predicted octanol–water partition coefficient (Wildman–Crippen LogP) is 4.52. The number of carbonyl (C=O) groups excluding carboxylic acids is 1. The standard InChI is InChI=1S/C19H16N2OS/c1-14(12-15-4-8-20-9-5-15)18-2-3-19(23-18)17(22)13-16-6-10-21-11-7-16/h2-12H,13H2,1H3/b14-12-. The van der Waals surface area contributed by atoms with Crippen LogP contribution in [0.2, 0.25) is 0 Å². The van der Waals surface area contributed by atoms with Crippen molar-refractivity contribution in [2.24, 2.45) is 0 Å². The summed E-state index contributed by atoms with van der Waals surface area (Å²) in [6.45, 7) is 2.06. The van der Waals surface area contributed by atoms with Crippen LogP contribution in [0.5, 0.6) is 0 Å². The van der Waals surface area contributed by atoms with Gasteiger partial charge in [-0.15, -0.1) is 11.3 Å². The largest absolute Gasteiger partial charge is 0.293 e. The number of pyridine rings is 2. The predicted molar refractivity (Wildman–Crippen MR) is 94.4 cm³/mol. The molecule has 0 radical (unpaired) electrons. The summed E-state index contributed by atoms with van der Waals surface area (Å²) in [4.78, 5) is 22.3. The number of thiophene rings is 1. The van der Waals surface area contributed by atoms with Crippen molar-refractivity contribution in [1.82, 2.24) is 9.97 Å². The van der Waals surface area contributed by atoms with Crippen molar-refractivity contribution in [3.8, 4) is 0 Å². The first kappa shape index (κ1) is 15.3. The highest BCUT2D eigenvalue weighted by Crippen LogP contribution is 2.26. The number of nitrogens with zero attached hydrogens (tertiary/aromatic N) is 2. The molecule has 0 N–H and O–H groups in total. The average Bonchev–Trinajstić information content (AvgIpc) is 3.07. The molecule has 3 rings (SSSR count). The lowest BCUT2D eigenvalue weighted by atomic mass is 10.1. The van der Waals surface area contributed by atoms with Crippen LogP contribution in [0.1, 0.15) is 32.6 Å². The molecule has 0 atom stereocenters. The molecule has 0 saturated heterocycles. The number of carbonyl (C=O) groups is 1. The topological polar surface area (TPSA) is 42.9 Å². The maximum atomic E-state index is 12.4. The van der Waals surface area contributed by atoms with Crippen molar-refractivity contribution in [3.05, 3.63) is 82.1 Å². The van der Waals surface area contributed by atoms with Crippen LogP contribution >= 0.6 is 11.3 Å². The number of hydrogen-bond donors (Lipinski definition) is 0. The van der Waals surface area contributed by atoms with E-state index in [0.29, 0.717) is 6.42 Å². The Labute approximate surface area is 139 Å². The molecule has 4 heteroatoms. The number of Topliss-reactive ketones (excluding diaryl/α,β-unsaturated/α-hetero) is 1. The number of ketones is 1. The summed E-state index contributed by atoms with van der Waals surface area (Å²) < 4.78 is 0. The molecule has 0 saturated carbocycles. The van der Waals surface area contributed by atoms with Crippen LogP contribution in [0.15, 0.2) is 61.2 Å². The summed E-state index contributed by atoms with van der Waals surface area (Å²) in [5, 5.41) is 0. The molecular weight excluding hydrogens is 304 g/mol. The Bertz CT molecular complexity index is 823. The Morgan fingerprint density at radius 2 is 1.57 bits per heavy atom. The third-order valence-corrected chi connectivity index (χ3v) is 4.73. The van der Waals surface area contributed by atoms with E-state index in [0.717, 1.165) is 26.5 Å². The molecular formula is C19H16N2OS. The Morgan fingerprint density at radius 1 is 0.957 bits per heavy atom. The van der Waals surface area contributed by atoms with Crippen molar-refractivity contribution in [2.75, 3.05) is 0 Å². The summed E-state index contributed by atoms with van der Waals surface area (Å²) in [6, 6.07) is 11.6. The van der Waals surface area contributed by atoms with E-state index >= 15 is 0 Å². The van der Waals surface area contributed by atoms with Gasteiger partial charge in [-0.2, -0.15) is 0 Å². The molecule has 0 unspecified atom stereocenters. The van der Waals surface area contributed by atoms with Gasteiger partial charge >= 0.3 is 0 Å². The molecule has 0 aliphatic heterocycles. The maximum absolute atomic E-state index is 12.4. The fourth-order valence-electron chi connectivity index (χ4n) is 2.25. The summed E-state index contributed by atoms with van der Waals surface area (Å²) in [6.07, 6.45) is 9.49. The molecule has 0 fully saturated rings. The second kappa shape index (κ2) is 7.11. The Morgan fingerprint density at radius 3 is 2.26 bits per heavy atom. The summed E-state index contributed by atoms with van der Waals surface area (Å²) in [5.74, 6) is 0.143. The van der Waals surface area contributed by atoms with Gasteiger partial charge in [-0.3, -0.25) is 14.8 Å². The van der Waals surface area contributed by atoms with Crippen molar-refractivity contribution < 1.29 is 4.79 Å². The molecule has 3 aromatic rings. The Hall–Kier alpha value is -2.59. The fourth-order valence-corrected chi connectivity index (χ4v) is 3.17. The van der Waals surface area contributed by atoms with Gasteiger partial charge in [0.15, 0.2) is 5.78 Å². The Kier molecular flexibility index (Phi) is 4.74. The first-order chi connectivity index (χ1) is 11.2. The molecule has 0 aromatic carbocycles. The molecule has 23 heavy (non-hydrogen) atoms. The van der Waals surface area contributed by atoms with Crippen molar-refractivity contribution in [2.45, 2.75) is 13.3 Å². The number of aromatic nitrogens is 2. The fraction of sp³-hybridized carbons (Fsp3) is 0.105. The van der Waals surface area contributed by atoms with Crippen molar-refractivity contribution >= 4 is 28.8 Å². The number of hydrogen-bond acceptors (Lipinski definition) is 4. The highest BCUT2D eigenvalue weighted by atomic mass is 32.1. The second-order valence-electron chi connectivity index (χ2n) is 5.23. The van der Waals surface area contributed by atoms with Gasteiger partial charge < -0.3 is 0 Å². The maximum Gasteiger partial charge on any atom is 0.177 e. The van der Waals surface area contributed by atoms with E-state index in [-0.39, 0.29) is 5.78 Å². The van der Waals surface area contributed by atoms with Gasteiger partial charge in [-0.05, 0) is 60.0 Å². The van der Waals surface area contributed by atoms with Gasteiger partial charge in [0.25, 0.3) is 0 Å². The number of allylic oxidation sites excluding steroid dienone is 1. The van der Waals surface area contributed by atoms with Gasteiger partial charge in [-0.25, -0.2) is 0 Å². The summed E-state index contributed by atoms with van der Waals surface area (Å²) in [5.41, 5.74) is 3.24. The Balaban J connectivity index is 1.75. The van der Waals surface area contributed by atoms with Gasteiger partial charge in [-0.1, -0.05) is 6.08 Å². The highest BCUT2D eigenvalue weighted by molar-refractivity contribution is 7.15. The van der Waals surface area contributed by atoms with Crippen LogP contribution in [0, 0.1) is 0 Å². The van der Waals surface area contributed by atoms with Gasteiger partial charge in [0.1, 0.15) is 0 Å². The molecule has 114 valence electrons. The van der Waals surface area contributed by atoms with E-state index in [4.69, 9.17) is 0 Å². The van der Waals surface area contributed by atoms with Crippen molar-refractivity contribution in [1.29, 1.82) is 0 Å². The summed E-state index contributed by atoms with van der Waals surface area (Å²) in [7, 11) is 0. The molecule has 3 aromatic heterocycles.